The lowest BCUT2D eigenvalue weighted by Gasteiger charge is -2.38. The highest BCUT2D eigenvalue weighted by Crippen LogP contribution is 2.36. The van der Waals surface area contributed by atoms with Crippen LogP contribution in [0.15, 0.2) is 77.3 Å². The highest BCUT2D eigenvalue weighted by molar-refractivity contribution is 9.10. The van der Waals surface area contributed by atoms with Gasteiger partial charge in [0, 0.05) is 59.5 Å². The topological polar surface area (TPSA) is 83.1 Å². The first-order valence-corrected chi connectivity index (χ1v) is 19.3. The smallest absolute Gasteiger partial charge is 0.255 e. The van der Waals surface area contributed by atoms with E-state index in [1.54, 1.807) is 30.3 Å². The summed E-state index contributed by atoms with van der Waals surface area (Å²) in [5.74, 6) is 1.01. The van der Waals surface area contributed by atoms with Crippen molar-refractivity contribution < 1.29 is 19.1 Å². The number of nitrogens with zero attached hydrogens (tertiary/aromatic N) is 2. The summed E-state index contributed by atoms with van der Waals surface area (Å²) in [5, 5.41) is 6.43. The number of carbonyl (C=O) groups excluding carboxylic acids is 2. The Bertz CT molecular complexity index is 1980. The summed E-state index contributed by atoms with van der Waals surface area (Å²) in [7, 11) is 4.26. The number of carbonyl (C=O) groups is 2. The fourth-order valence-electron chi connectivity index (χ4n) is 7.45. The molecule has 0 atom stereocenters. The van der Waals surface area contributed by atoms with E-state index in [-0.39, 0.29) is 28.7 Å². The molecular formula is C43H52BrClN4O4. The summed E-state index contributed by atoms with van der Waals surface area (Å²) >= 11 is 9.71. The fraction of sp³-hybridized carbons (Fsp3) is 0.395. The molecule has 0 aliphatic carbocycles. The second-order valence-electron chi connectivity index (χ2n) is 15.7. The minimum absolute atomic E-state index is 0.0278. The van der Waals surface area contributed by atoms with Crippen LogP contribution < -0.4 is 20.1 Å². The van der Waals surface area contributed by atoms with Crippen LogP contribution in [0.5, 0.6) is 11.5 Å². The van der Waals surface area contributed by atoms with E-state index < -0.39 is 0 Å². The van der Waals surface area contributed by atoms with Gasteiger partial charge < -0.3 is 29.9 Å². The number of anilines is 2. The van der Waals surface area contributed by atoms with Crippen molar-refractivity contribution in [3.05, 3.63) is 116 Å². The normalized spacial score (nSPS) is 16.1. The van der Waals surface area contributed by atoms with Gasteiger partial charge in [0.15, 0.2) is 0 Å². The molecule has 10 heteroatoms. The monoisotopic (exact) mass is 802 g/mol. The number of hydrogen-bond acceptors (Lipinski definition) is 6. The standard InChI is InChI=1S/C22H27ClN2O2.C21H25BrN2O2/c1-14(2)27-20-9-6-15(11-19(20)23)21(26)24-17-7-8-18-16(10-17)12-25(5)13-22(18,3)4;1-5-26-19-9-6-14(11-18(19)22)20(25)23-16-7-8-17-15(10-16)12-24(4)13-21(17,2)3/h6-11,14H,12-13H2,1-5H3,(H,24,26);6-11H,5,12-13H2,1-4H3,(H,23,25). The summed E-state index contributed by atoms with van der Waals surface area (Å²) in [5.41, 5.74) is 8.17. The number of halogens is 2. The van der Waals surface area contributed by atoms with E-state index in [2.05, 4.69) is 102 Å². The van der Waals surface area contributed by atoms with Crippen LogP contribution in [0.2, 0.25) is 5.02 Å². The second-order valence-corrected chi connectivity index (χ2v) is 16.9. The Kier molecular flexibility index (Phi) is 12.7. The molecule has 0 radical (unpaired) electrons. The van der Waals surface area contributed by atoms with Crippen molar-refractivity contribution in [2.45, 2.75) is 78.5 Å². The van der Waals surface area contributed by atoms with Gasteiger partial charge in [-0.2, -0.15) is 0 Å². The van der Waals surface area contributed by atoms with Crippen LogP contribution in [-0.2, 0) is 23.9 Å². The van der Waals surface area contributed by atoms with Crippen LogP contribution in [0, 0.1) is 0 Å². The van der Waals surface area contributed by atoms with Crippen LogP contribution >= 0.6 is 27.5 Å². The third-order valence-corrected chi connectivity index (χ3v) is 10.4. The summed E-state index contributed by atoms with van der Waals surface area (Å²) in [6.07, 6.45) is 0.0278. The fourth-order valence-corrected chi connectivity index (χ4v) is 8.17. The molecule has 4 aromatic carbocycles. The summed E-state index contributed by atoms with van der Waals surface area (Å²) < 4.78 is 11.9. The van der Waals surface area contributed by atoms with Crippen molar-refractivity contribution in [1.29, 1.82) is 0 Å². The molecule has 4 aromatic rings. The number of hydrogen-bond donors (Lipinski definition) is 2. The van der Waals surface area contributed by atoms with Crippen LogP contribution in [0.4, 0.5) is 11.4 Å². The third kappa shape index (κ3) is 10.0. The van der Waals surface area contributed by atoms with E-state index in [0.29, 0.717) is 28.5 Å². The lowest BCUT2D eigenvalue weighted by atomic mass is 9.78. The van der Waals surface area contributed by atoms with Crippen molar-refractivity contribution in [1.82, 2.24) is 9.80 Å². The maximum absolute atomic E-state index is 12.6. The van der Waals surface area contributed by atoms with Crippen molar-refractivity contribution in [3.8, 4) is 11.5 Å². The number of rotatable bonds is 8. The summed E-state index contributed by atoms with van der Waals surface area (Å²) in [6, 6.07) is 22.9. The zero-order chi connectivity index (χ0) is 38.7. The zero-order valence-corrected chi connectivity index (χ0v) is 34.7. The highest BCUT2D eigenvalue weighted by atomic mass is 79.9. The molecule has 0 saturated carbocycles. The molecule has 53 heavy (non-hydrogen) atoms. The molecular weight excluding hydrogens is 752 g/mol. The Morgan fingerprint density at radius 3 is 1.66 bits per heavy atom. The average molecular weight is 804 g/mol. The van der Waals surface area contributed by atoms with Crippen LogP contribution in [-0.4, -0.2) is 61.5 Å². The number of amides is 2. The number of likely N-dealkylation sites (N-methyl/N-ethyl adjacent to an activating group) is 2. The Balaban J connectivity index is 0.000000204. The maximum atomic E-state index is 12.6. The SMILES string of the molecule is CC(C)Oc1ccc(C(=O)Nc2ccc3c(c2)CN(C)CC3(C)C)cc1Cl.CCOc1ccc(C(=O)Nc2ccc3c(c2)CN(C)CC3(C)C)cc1Br. The molecule has 0 unspecified atom stereocenters. The number of ether oxygens (including phenoxy) is 2. The lowest BCUT2D eigenvalue weighted by molar-refractivity contribution is 0.101. The van der Waals surface area contributed by atoms with Crippen LogP contribution in [0.25, 0.3) is 0 Å². The van der Waals surface area contributed by atoms with Crippen molar-refractivity contribution in [2.75, 3.05) is 44.4 Å². The average Bonchev–Trinajstić information content (AvgIpc) is 3.05. The van der Waals surface area contributed by atoms with E-state index in [1.165, 1.54) is 22.3 Å². The Morgan fingerprint density at radius 1 is 0.755 bits per heavy atom. The molecule has 0 bridgehead atoms. The molecule has 2 amide bonds. The molecule has 0 saturated heterocycles. The first kappa shape index (κ1) is 40.3. The van der Waals surface area contributed by atoms with Gasteiger partial charge in [0.2, 0.25) is 0 Å². The third-order valence-electron chi connectivity index (χ3n) is 9.45. The predicted octanol–water partition coefficient (Wildman–Crippen LogP) is 9.93. The number of nitrogens with one attached hydrogen (secondary N) is 2. The van der Waals surface area contributed by atoms with Crippen molar-refractivity contribution in [2.24, 2.45) is 0 Å². The first-order chi connectivity index (χ1) is 24.9. The van der Waals surface area contributed by atoms with E-state index >= 15 is 0 Å². The molecule has 0 spiro atoms. The van der Waals surface area contributed by atoms with Crippen LogP contribution in [0.3, 0.4) is 0 Å². The van der Waals surface area contributed by atoms with Gasteiger partial charge in [0.05, 0.1) is 22.2 Å². The van der Waals surface area contributed by atoms with Gasteiger partial charge in [-0.05, 0) is 134 Å². The van der Waals surface area contributed by atoms with Crippen molar-refractivity contribution >= 4 is 50.7 Å². The van der Waals surface area contributed by atoms with Gasteiger partial charge in [0.1, 0.15) is 11.5 Å². The maximum Gasteiger partial charge on any atom is 0.255 e. The molecule has 0 fully saturated rings. The highest BCUT2D eigenvalue weighted by Gasteiger charge is 2.31. The molecule has 6 rings (SSSR count). The number of benzene rings is 4. The van der Waals surface area contributed by atoms with E-state index in [9.17, 15) is 9.59 Å². The first-order valence-electron chi connectivity index (χ1n) is 18.1. The molecule has 2 N–H and O–H groups in total. The number of fused-ring (bicyclic) bond motifs is 2. The van der Waals surface area contributed by atoms with Gasteiger partial charge in [-0.25, -0.2) is 0 Å². The van der Waals surface area contributed by atoms with E-state index in [0.717, 1.165) is 47.8 Å². The largest absolute Gasteiger partial charge is 0.493 e. The summed E-state index contributed by atoms with van der Waals surface area (Å²) in [4.78, 5) is 29.9. The Labute approximate surface area is 328 Å². The van der Waals surface area contributed by atoms with Crippen LogP contribution in [0.1, 0.15) is 91.4 Å². The molecule has 2 aliphatic rings. The van der Waals surface area contributed by atoms with E-state index in [1.807, 2.05) is 39.0 Å². The van der Waals surface area contributed by atoms with Gasteiger partial charge >= 0.3 is 0 Å². The molecule has 2 aliphatic heterocycles. The zero-order valence-electron chi connectivity index (χ0n) is 32.3. The quantitative estimate of drug-likeness (QED) is 0.185. The van der Waals surface area contributed by atoms with Gasteiger partial charge in [-0.1, -0.05) is 51.4 Å². The Morgan fingerprint density at radius 2 is 1.23 bits per heavy atom. The molecule has 2 heterocycles. The van der Waals surface area contributed by atoms with E-state index in [4.69, 9.17) is 21.1 Å². The molecule has 8 nitrogen and oxygen atoms in total. The second kappa shape index (κ2) is 16.6. The van der Waals surface area contributed by atoms with Crippen molar-refractivity contribution in [3.63, 3.8) is 0 Å². The minimum atomic E-state index is -0.184. The predicted molar refractivity (Wildman–Crippen MR) is 220 cm³/mol. The molecule has 282 valence electrons. The Hall–Kier alpha value is -3.89. The van der Waals surface area contributed by atoms with Gasteiger partial charge in [-0.15, -0.1) is 0 Å². The summed E-state index contributed by atoms with van der Waals surface area (Å²) in [6.45, 7) is 19.3. The van der Waals surface area contributed by atoms with Gasteiger partial charge in [-0.3, -0.25) is 9.59 Å². The lowest BCUT2D eigenvalue weighted by Crippen LogP contribution is -2.39. The minimum Gasteiger partial charge on any atom is -0.493 e. The molecule has 0 aromatic heterocycles. The van der Waals surface area contributed by atoms with Gasteiger partial charge in [0.25, 0.3) is 11.8 Å².